The first kappa shape index (κ1) is 30.3. The molecule has 0 amide bonds. The van der Waals surface area contributed by atoms with E-state index in [4.69, 9.17) is 28.7 Å². The number of hydrogen-bond donors (Lipinski definition) is 1. The van der Waals surface area contributed by atoms with E-state index in [9.17, 15) is 5.11 Å². The minimum atomic E-state index is -1.58. The van der Waals surface area contributed by atoms with Crippen LogP contribution in [0, 0.1) is 0 Å². The highest BCUT2D eigenvalue weighted by Crippen LogP contribution is 2.51. The lowest BCUT2D eigenvalue weighted by Gasteiger charge is -2.39. The van der Waals surface area contributed by atoms with Gasteiger partial charge in [-0.3, -0.25) is 0 Å². The van der Waals surface area contributed by atoms with Crippen molar-refractivity contribution in [2.45, 2.75) is 17.9 Å². The molecule has 0 aliphatic rings. The van der Waals surface area contributed by atoms with Gasteiger partial charge in [0.15, 0.2) is 5.75 Å². The molecule has 0 spiro atoms. The minimum Gasteiger partial charge on any atom is -0.491 e. The van der Waals surface area contributed by atoms with Gasteiger partial charge in [-0.1, -0.05) is 15.9 Å². The summed E-state index contributed by atoms with van der Waals surface area (Å²) in [7, 11) is 11.6. The maximum absolute atomic E-state index is 13.1. The molecule has 2 atom stereocenters. The summed E-state index contributed by atoms with van der Waals surface area (Å²) in [5.74, 6) is 0.843. The molecule has 11 heteroatoms. The first-order valence-electron chi connectivity index (χ1n) is 12.9. The normalized spacial score (nSPS) is 13.5. The van der Waals surface area contributed by atoms with Crippen molar-refractivity contribution < 1.29 is 28.8 Å². The van der Waals surface area contributed by atoms with Crippen LogP contribution in [0.3, 0.4) is 0 Å². The Hall–Kier alpha value is -3.67. The molecule has 0 fully saturated rings. The van der Waals surface area contributed by atoms with Gasteiger partial charge in [-0.15, -0.1) is 0 Å². The summed E-state index contributed by atoms with van der Waals surface area (Å²) in [5, 5.41) is 14.0. The molecule has 0 saturated carbocycles. The maximum atomic E-state index is 13.1. The van der Waals surface area contributed by atoms with Gasteiger partial charge >= 0.3 is 0 Å². The van der Waals surface area contributed by atoms with Crippen LogP contribution in [0.1, 0.15) is 29.0 Å². The van der Waals surface area contributed by atoms with Crippen molar-refractivity contribution in [3.05, 3.63) is 69.8 Å². The number of pyridine rings is 3. The molecule has 4 rings (SSSR count). The number of benzene rings is 1. The average Bonchev–Trinajstić information content (AvgIpc) is 2.99. The summed E-state index contributed by atoms with van der Waals surface area (Å²) < 4.78 is 29.2. The van der Waals surface area contributed by atoms with Gasteiger partial charge in [0.05, 0.1) is 47.0 Å². The molecule has 3 aromatic heterocycles. The number of rotatable bonds is 12. The van der Waals surface area contributed by atoms with Gasteiger partial charge in [0, 0.05) is 45.9 Å². The van der Waals surface area contributed by atoms with Crippen molar-refractivity contribution in [2.24, 2.45) is 0 Å². The van der Waals surface area contributed by atoms with Crippen LogP contribution in [0.15, 0.2) is 53.1 Å². The smallest absolute Gasteiger partial charge is 0.257 e. The number of methoxy groups -OCH3 is 5. The fourth-order valence-corrected chi connectivity index (χ4v) is 5.39. The zero-order valence-corrected chi connectivity index (χ0v) is 25.9. The number of nitrogens with zero attached hydrogens (tertiary/aromatic N) is 4. The molecule has 218 valence electrons. The minimum absolute atomic E-state index is 0.283. The summed E-state index contributed by atoms with van der Waals surface area (Å²) in [6.07, 6.45) is 1.93. The van der Waals surface area contributed by atoms with Gasteiger partial charge < -0.3 is 33.7 Å². The monoisotopic (exact) mass is 626 g/mol. The number of halogens is 1. The van der Waals surface area contributed by atoms with Gasteiger partial charge in [-0.2, -0.15) is 4.98 Å². The molecule has 1 aromatic carbocycles. The second-order valence-electron chi connectivity index (χ2n) is 9.72. The molecular weight excluding hydrogens is 592 g/mol. The second-order valence-corrected chi connectivity index (χ2v) is 10.6. The van der Waals surface area contributed by atoms with Crippen LogP contribution in [0.4, 0.5) is 0 Å². The molecule has 0 aliphatic carbocycles. The highest BCUT2D eigenvalue weighted by Gasteiger charge is 2.45. The van der Waals surface area contributed by atoms with E-state index in [-0.39, 0.29) is 5.88 Å². The fourth-order valence-electron chi connectivity index (χ4n) is 5.01. The molecule has 41 heavy (non-hydrogen) atoms. The molecular formula is C30H35BrN4O6. The fraction of sp³-hybridized carbons (Fsp3) is 0.367. The highest BCUT2D eigenvalue weighted by atomic mass is 79.9. The molecule has 0 aliphatic heterocycles. The molecule has 1 N–H and O–H groups in total. The maximum Gasteiger partial charge on any atom is 0.257 e. The van der Waals surface area contributed by atoms with Gasteiger partial charge in [0.1, 0.15) is 5.60 Å². The van der Waals surface area contributed by atoms with Gasteiger partial charge in [0.2, 0.25) is 17.6 Å². The highest BCUT2D eigenvalue weighted by molar-refractivity contribution is 9.10. The Bertz CT molecular complexity index is 1500. The Labute approximate surface area is 248 Å². The van der Waals surface area contributed by atoms with E-state index in [0.717, 1.165) is 15.4 Å². The third-order valence-corrected chi connectivity index (χ3v) is 7.49. The SMILES string of the molecule is COc1cc(C(O)(CCN(C)C)C(c2cc3cc(Br)ccc3nc2OC)c2ccnc(OC)c2OC)cc(OC)n1. The Morgan fingerprint density at radius 3 is 2.10 bits per heavy atom. The predicted molar refractivity (Wildman–Crippen MR) is 160 cm³/mol. The van der Waals surface area contributed by atoms with Crippen molar-refractivity contribution in [2.75, 3.05) is 56.2 Å². The number of fused-ring (bicyclic) bond motifs is 1. The largest absolute Gasteiger partial charge is 0.491 e. The Balaban J connectivity index is 2.15. The molecule has 0 radical (unpaired) electrons. The summed E-state index contributed by atoms with van der Waals surface area (Å²) in [4.78, 5) is 15.6. The molecule has 0 saturated heterocycles. The van der Waals surface area contributed by atoms with Crippen molar-refractivity contribution >= 4 is 26.8 Å². The van der Waals surface area contributed by atoms with E-state index in [1.165, 1.54) is 21.3 Å². The second kappa shape index (κ2) is 12.9. The quantitative estimate of drug-likeness (QED) is 0.235. The van der Waals surface area contributed by atoms with Crippen LogP contribution < -0.4 is 23.7 Å². The predicted octanol–water partition coefficient (Wildman–Crippen LogP) is 4.80. The average molecular weight is 628 g/mol. The lowest BCUT2D eigenvalue weighted by atomic mass is 9.71. The Kier molecular flexibility index (Phi) is 9.52. The number of ether oxygens (including phenoxy) is 5. The first-order chi connectivity index (χ1) is 19.7. The lowest BCUT2D eigenvalue weighted by Crippen LogP contribution is -2.38. The molecule has 3 heterocycles. The van der Waals surface area contributed by atoms with E-state index >= 15 is 0 Å². The van der Waals surface area contributed by atoms with E-state index in [0.29, 0.717) is 53.0 Å². The Morgan fingerprint density at radius 1 is 0.829 bits per heavy atom. The van der Waals surface area contributed by atoms with Crippen LogP contribution in [0.5, 0.6) is 29.3 Å². The summed E-state index contributed by atoms with van der Waals surface area (Å²) in [6.45, 7) is 0.541. The van der Waals surface area contributed by atoms with Crippen LogP contribution in [0.2, 0.25) is 0 Å². The van der Waals surface area contributed by atoms with Crippen molar-refractivity contribution in [1.29, 1.82) is 0 Å². The topological polar surface area (TPSA) is 108 Å². The summed E-state index contributed by atoms with van der Waals surface area (Å²) in [5.41, 5.74) is 0.964. The Morgan fingerprint density at radius 2 is 1.51 bits per heavy atom. The number of aromatic nitrogens is 3. The lowest BCUT2D eigenvalue weighted by molar-refractivity contribution is 0.00263. The van der Waals surface area contributed by atoms with E-state index in [1.807, 2.05) is 49.3 Å². The third-order valence-electron chi connectivity index (χ3n) is 7.00. The summed E-state index contributed by atoms with van der Waals surface area (Å²) in [6, 6.07) is 13.0. The van der Waals surface area contributed by atoms with E-state index < -0.39 is 11.5 Å². The van der Waals surface area contributed by atoms with Crippen molar-refractivity contribution in [1.82, 2.24) is 19.9 Å². The van der Waals surface area contributed by atoms with Gasteiger partial charge in [-0.25, -0.2) is 9.97 Å². The van der Waals surface area contributed by atoms with Gasteiger partial charge in [0.25, 0.3) is 5.88 Å². The number of hydrogen-bond acceptors (Lipinski definition) is 10. The molecule has 4 aromatic rings. The molecule has 10 nitrogen and oxygen atoms in total. The van der Waals surface area contributed by atoms with E-state index in [2.05, 4.69) is 25.9 Å². The van der Waals surface area contributed by atoms with Gasteiger partial charge in [-0.05, 0) is 56.4 Å². The zero-order chi connectivity index (χ0) is 29.7. The van der Waals surface area contributed by atoms with Crippen LogP contribution in [-0.4, -0.2) is 81.1 Å². The van der Waals surface area contributed by atoms with E-state index in [1.54, 1.807) is 32.5 Å². The van der Waals surface area contributed by atoms with Crippen molar-refractivity contribution in [3.63, 3.8) is 0 Å². The van der Waals surface area contributed by atoms with Crippen LogP contribution in [0.25, 0.3) is 10.9 Å². The third kappa shape index (κ3) is 6.17. The van der Waals surface area contributed by atoms with Crippen LogP contribution in [-0.2, 0) is 5.60 Å². The van der Waals surface area contributed by atoms with Crippen molar-refractivity contribution in [3.8, 4) is 29.3 Å². The van der Waals surface area contributed by atoms with Crippen LogP contribution >= 0.6 is 15.9 Å². The number of aliphatic hydroxyl groups is 1. The standard InChI is InChI=1S/C30H35BrN4O6/c1-35(2)13-11-30(36,19-16-24(37-3)34-25(17-19)38-4)26(21-10-12-32-29(41-7)27(21)39-5)22-15-18-14-20(31)8-9-23(18)33-28(22)40-6/h8-10,12,14-17,26,36H,11,13H2,1-7H3. The summed E-state index contributed by atoms with van der Waals surface area (Å²) >= 11 is 3.57. The zero-order valence-electron chi connectivity index (χ0n) is 24.3. The molecule has 2 unspecified atom stereocenters. The first-order valence-corrected chi connectivity index (χ1v) is 13.7. The molecule has 0 bridgehead atoms.